The fraction of sp³-hybridized carbons (Fsp3) is 0.217. The van der Waals surface area contributed by atoms with Gasteiger partial charge in [0, 0.05) is 17.8 Å². The van der Waals surface area contributed by atoms with Crippen LogP contribution in [0.5, 0.6) is 0 Å². The van der Waals surface area contributed by atoms with Gasteiger partial charge in [-0.3, -0.25) is 4.79 Å². The van der Waals surface area contributed by atoms with Gasteiger partial charge >= 0.3 is 0 Å². The van der Waals surface area contributed by atoms with Crippen LogP contribution in [0.2, 0.25) is 0 Å². The van der Waals surface area contributed by atoms with E-state index in [1.54, 1.807) is 23.6 Å². The van der Waals surface area contributed by atoms with Crippen LogP contribution in [0.1, 0.15) is 29.9 Å². The van der Waals surface area contributed by atoms with E-state index in [0.29, 0.717) is 42.2 Å². The first-order chi connectivity index (χ1) is 15.0. The number of aryl methyl sites for hydroxylation is 1. The Hall–Kier alpha value is -3.81. The molecule has 5 rings (SSSR count). The molecule has 8 heteroatoms. The van der Waals surface area contributed by atoms with Gasteiger partial charge in [0.1, 0.15) is 5.41 Å². The number of nitrogens with two attached hydrogens (primary N) is 1. The molecule has 31 heavy (non-hydrogen) atoms. The number of nitrogens with one attached hydrogen (secondary N) is 1. The second-order valence-electron chi connectivity index (χ2n) is 7.90. The van der Waals surface area contributed by atoms with E-state index >= 15 is 0 Å². The van der Waals surface area contributed by atoms with Gasteiger partial charge in [-0.1, -0.05) is 30.3 Å². The summed E-state index contributed by atoms with van der Waals surface area (Å²) in [5.74, 6) is -0.390. The minimum absolute atomic E-state index is 0.373. The lowest BCUT2D eigenvalue weighted by Gasteiger charge is -2.09. The molecule has 0 spiro atoms. The lowest BCUT2D eigenvalue weighted by Crippen LogP contribution is -2.29. The molecule has 3 aromatic heterocycles. The molecular formula is C23H21FN6O. The summed E-state index contributed by atoms with van der Waals surface area (Å²) in [4.78, 5) is 20.2. The third-order valence-corrected chi connectivity index (χ3v) is 5.73. The van der Waals surface area contributed by atoms with Crippen LogP contribution in [-0.2, 0) is 16.8 Å². The monoisotopic (exact) mass is 416 g/mol. The molecule has 0 saturated heterocycles. The van der Waals surface area contributed by atoms with E-state index in [2.05, 4.69) is 20.4 Å². The quantitative estimate of drug-likeness (QED) is 0.470. The molecule has 1 aromatic carbocycles. The molecule has 0 radical (unpaired) electrons. The number of hydrogen-bond donors (Lipinski definition) is 2. The summed E-state index contributed by atoms with van der Waals surface area (Å²) in [5, 5.41) is 7.68. The normalized spacial score (nSPS) is 14.5. The summed E-state index contributed by atoms with van der Waals surface area (Å²) in [7, 11) is 0. The lowest BCUT2D eigenvalue weighted by molar-refractivity contribution is -0.120. The number of carbonyl (C=O) groups excluding carboxylic acids is 1. The molecule has 0 bridgehead atoms. The molecule has 1 aliphatic rings. The highest BCUT2D eigenvalue weighted by molar-refractivity contribution is 5.89. The van der Waals surface area contributed by atoms with Crippen molar-refractivity contribution in [2.75, 3.05) is 5.32 Å². The molecule has 1 saturated carbocycles. The SMILES string of the molecule is Cc1ccc(NCc2ccc(-c3cccc4nc(C5(C(N)=O)CC5)nn34)cc2)c(F)n1. The third-order valence-electron chi connectivity index (χ3n) is 5.73. The van der Waals surface area contributed by atoms with Gasteiger partial charge in [0.15, 0.2) is 11.5 Å². The van der Waals surface area contributed by atoms with E-state index in [4.69, 9.17) is 5.73 Å². The second-order valence-corrected chi connectivity index (χ2v) is 7.90. The largest absolute Gasteiger partial charge is 0.377 e. The molecule has 1 fully saturated rings. The van der Waals surface area contributed by atoms with Gasteiger partial charge in [-0.25, -0.2) is 14.5 Å². The fourth-order valence-electron chi connectivity index (χ4n) is 3.68. The van der Waals surface area contributed by atoms with Crippen molar-refractivity contribution in [3.05, 3.63) is 77.6 Å². The highest BCUT2D eigenvalue weighted by Crippen LogP contribution is 2.46. The summed E-state index contributed by atoms with van der Waals surface area (Å²) in [6.45, 7) is 2.23. The van der Waals surface area contributed by atoms with Crippen molar-refractivity contribution in [1.29, 1.82) is 0 Å². The minimum atomic E-state index is -0.723. The molecular weight excluding hydrogens is 395 g/mol. The first kappa shape index (κ1) is 19.2. The van der Waals surface area contributed by atoms with Gasteiger partial charge in [-0.2, -0.15) is 4.39 Å². The Bertz CT molecular complexity index is 1290. The molecule has 1 aliphatic carbocycles. The molecule has 0 unspecified atom stereocenters. The smallest absolute Gasteiger partial charge is 0.236 e. The topological polar surface area (TPSA) is 98.2 Å². The molecule has 1 amide bonds. The number of pyridine rings is 2. The molecule has 7 nitrogen and oxygen atoms in total. The summed E-state index contributed by atoms with van der Waals surface area (Å²) < 4.78 is 15.7. The van der Waals surface area contributed by atoms with Gasteiger partial charge in [-0.15, -0.1) is 5.10 Å². The van der Waals surface area contributed by atoms with E-state index < -0.39 is 11.4 Å². The van der Waals surface area contributed by atoms with Crippen LogP contribution in [0.4, 0.5) is 10.1 Å². The Morgan fingerprint density at radius 1 is 1.13 bits per heavy atom. The minimum Gasteiger partial charge on any atom is -0.377 e. The molecule has 0 atom stereocenters. The number of anilines is 1. The number of rotatable bonds is 6. The van der Waals surface area contributed by atoms with Gasteiger partial charge in [0.25, 0.3) is 0 Å². The molecule has 0 aliphatic heterocycles. The molecule has 4 aromatic rings. The number of amides is 1. The zero-order valence-electron chi connectivity index (χ0n) is 17.0. The van der Waals surface area contributed by atoms with Crippen molar-refractivity contribution in [1.82, 2.24) is 19.6 Å². The predicted molar refractivity (Wildman–Crippen MR) is 115 cm³/mol. The number of primary amides is 1. The number of hydrogen-bond acceptors (Lipinski definition) is 5. The predicted octanol–water partition coefficient (Wildman–Crippen LogP) is 3.37. The highest BCUT2D eigenvalue weighted by atomic mass is 19.1. The van der Waals surface area contributed by atoms with Crippen molar-refractivity contribution in [3.8, 4) is 11.3 Å². The molecule has 156 valence electrons. The number of nitrogens with zero attached hydrogens (tertiary/aromatic N) is 4. The zero-order chi connectivity index (χ0) is 21.6. The van der Waals surface area contributed by atoms with Gasteiger partial charge in [0.05, 0.1) is 11.4 Å². The summed E-state index contributed by atoms with van der Waals surface area (Å²) >= 11 is 0. The van der Waals surface area contributed by atoms with Crippen LogP contribution < -0.4 is 11.1 Å². The number of fused-ring (bicyclic) bond motifs is 1. The first-order valence-corrected chi connectivity index (χ1v) is 10.1. The second kappa shape index (κ2) is 7.16. The number of halogens is 1. The van der Waals surface area contributed by atoms with Crippen LogP contribution in [0, 0.1) is 12.9 Å². The Labute approximate surface area is 178 Å². The van der Waals surface area contributed by atoms with Crippen molar-refractivity contribution in [2.24, 2.45) is 5.73 Å². The van der Waals surface area contributed by atoms with Crippen molar-refractivity contribution in [3.63, 3.8) is 0 Å². The van der Waals surface area contributed by atoms with E-state index in [1.165, 1.54) is 0 Å². The van der Waals surface area contributed by atoms with Crippen molar-refractivity contribution < 1.29 is 9.18 Å². The average molecular weight is 416 g/mol. The van der Waals surface area contributed by atoms with Crippen LogP contribution in [0.3, 0.4) is 0 Å². The Morgan fingerprint density at radius 2 is 1.90 bits per heavy atom. The standard InChI is InChI=1S/C23H21FN6O/c1-14-5-10-17(20(24)27-14)26-13-15-6-8-16(9-7-15)18-3-2-4-19-28-22(29-30(18)19)23(11-12-23)21(25)31/h2-10,26H,11-13H2,1H3,(H2,25,31). The number of aromatic nitrogens is 4. The number of benzene rings is 1. The lowest BCUT2D eigenvalue weighted by atomic mass is 10.1. The Balaban J connectivity index is 1.39. The summed E-state index contributed by atoms with van der Waals surface area (Å²) in [6, 6.07) is 17.1. The fourth-order valence-corrected chi connectivity index (χ4v) is 3.68. The maximum Gasteiger partial charge on any atom is 0.236 e. The molecule has 3 heterocycles. The first-order valence-electron chi connectivity index (χ1n) is 10.1. The average Bonchev–Trinajstić information content (AvgIpc) is 3.46. The van der Waals surface area contributed by atoms with E-state index in [9.17, 15) is 9.18 Å². The Kier molecular flexibility index (Phi) is 4.43. The van der Waals surface area contributed by atoms with Crippen LogP contribution >= 0.6 is 0 Å². The maximum absolute atomic E-state index is 13.9. The van der Waals surface area contributed by atoms with Gasteiger partial charge < -0.3 is 11.1 Å². The van der Waals surface area contributed by atoms with Crippen molar-refractivity contribution >= 4 is 17.2 Å². The zero-order valence-corrected chi connectivity index (χ0v) is 17.0. The van der Waals surface area contributed by atoms with Gasteiger partial charge in [0.2, 0.25) is 11.9 Å². The van der Waals surface area contributed by atoms with Crippen molar-refractivity contribution in [2.45, 2.75) is 31.7 Å². The molecule has 3 N–H and O–H groups in total. The van der Waals surface area contributed by atoms with Crippen LogP contribution in [-0.4, -0.2) is 25.5 Å². The number of carbonyl (C=O) groups is 1. The van der Waals surface area contributed by atoms with Gasteiger partial charge in [-0.05, 0) is 49.6 Å². The maximum atomic E-state index is 13.9. The van der Waals surface area contributed by atoms with Crippen LogP contribution in [0.15, 0.2) is 54.6 Å². The summed E-state index contributed by atoms with van der Waals surface area (Å²) in [5.41, 5.74) is 9.36. The third kappa shape index (κ3) is 3.39. The highest BCUT2D eigenvalue weighted by Gasteiger charge is 2.53. The van der Waals surface area contributed by atoms with E-state index in [-0.39, 0.29) is 5.91 Å². The summed E-state index contributed by atoms with van der Waals surface area (Å²) in [6.07, 6.45) is 1.38. The Morgan fingerprint density at radius 3 is 2.58 bits per heavy atom. The van der Waals surface area contributed by atoms with E-state index in [0.717, 1.165) is 16.8 Å². The van der Waals surface area contributed by atoms with Crippen LogP contribution in [0.25, 0.3) is 16.9 Å². The van der Waals surface area contributed by atoms with E-state index in [1.807, 2.05) is 42.5 Å².